The molecule has 0 radical (unpaired) electrons. The Kier molecular flexibility index (Phi) is 3.14. The minimum Gasteiger partial charge on any atom is -0.237 e. The van der Waals surface area contributed by atoms with Gasteiger partial charge in [0.15, 0.2) is 5.82 Å². The number of hydrogen-bond acceptors (Lipinski definition) is 4. The molecule has 2 aromatic heterocycles. The van der Waals surface area contributed by atoms with Crippen molar-refractivity contribution in [1.82, 2.24) is 20.4 Å². The Balaban J connectivity index is 2.26. The van der Waals surface area contributed by atoms with Crippen LogP contribution in [0.15, 0.2) is 29.4 Å². The first-order valence-corrected chi connectivity index (χ1v) is 8.94. The maximum Gasteiger partial charge on any atom is 0.151 e. The van der Waals surface area contributed by atoms with Gasteiger partial charge >= 0.3 is 0 Å². The van der Waals surface area contributed by atoms with Gasteiger partial charge in [-0.25, -0.2) is 9.98 Å². The fourth-order valence-corrected chi connectivity index (χ4v) is 2.71. The SMILES string of the molecule is C[Si](C)(C)c1n[nH]nc1/C=N/c1ccccn1. The molecule has 0 aliphatic carbocycles. The van der Waals surface area contributed by atoms with Gasteiger partial charge in [-0.15, -0.1) is 0 Å². The van der Waals surface area contributed by atoms with Gasteiger partial charge in [-0.2, -0.15) is 15.4 Å². The van der Waals surface area contributed by atoms with Crippen LogP contribution in [0.3, 0.4) is 0 Å². The van der Waals surface area contributed by atoms with Crippen LogP contribution in [0.2, 0.25) is 19.6 Å². The summed E-state index contributed by atoms with van der Waals surface area (Å²) in [4.78, 5) is 8.41. The van der Waals surface area contributed by atoms with E-state index in [1.807, 2.05) is 18.2 Å². The summed E-state index contributed by atoms with van der Waals surface area (Å²) in [6, 6.07) is 5.62. The molecule has 0 aliphatic heterocycles. The van der Waals surface area contributed by atoms with E-state index in [0.29, 0.717) is 5.82 Å². The zero-order chi connectivity index (χ0) is 12.3. The van der Waals surface area contributed by atoms with Gasteiger partial charge in [0.2, 0.25) is 0 Å². The fraction of sp³-hybridized carbons (Fsp3) is 0.273. The Morgan fingerprint density at radius 1 is 1.24 bits per heavy atom. The van der Waals surface area contributed by atoms with E-state index in [-0.39, 0.29) is 0 Å². The molecule has 0 bridgehead atoms. The summed E-state index contributed by atoms with van der Waals surface area (Å²) >= 11 is 0. The summed E-state index contributed by atoms with van der Waals surface area (Å²) < 4.78 is 0. The first-order chi connectivity index (χ1) is 8.07. The van der Waals surface area contributed by atoms with Gasteiger partial charge in [0.1, 0.15) is 13.8 Å². The molecule has 0 amide bonds. The molecular weight excluding hydrogens is 230 g/mol. The zero-order valence-electron chi connectivity index (χ0n) is 10.2. The van der Waals surface area contributed by atoms with Crippen LogP contribution in [-0.4, -0.2) is 34.7 Å². The van der Waals surface area contributed by atoms with Crippen LogP contribution in [-0.2, 0) is 0 Å². The molecule has 2 rings (SSSR count). The van der Waals surface area contributed by atoms with Crippen LogP contribution < -0.4 is 5.32 Å². The molecule has 0 spiro atoms. The molecule has 1 N–H and O–H groups in total. The second-order valence-corrected chi connectivity index (χ2v) is 9.73. The lowest BCUT2D eigenvalue weighted by Crippen LogP contribution is -2.41. The first kappa shape index (κ1) is 11.7. The van der Waals surface area contributed by atoms with Crippen molar-refractivity contribution in [3.8, 4) is 0 Å². The monoisotopic (exact) mass is 245 g/mol. The van der Waals surface area contributed by atoms with E-state index < -0.39 is 8.07 Å². The van der Waals surface area contributed by atoms with Crippen LogP contribution in [0.4, 0.5) is 5.82 Å². The molecule has 6 heteroatoms. The van der Waals surface area contributed by atoms with Gasteiger partial charge in [-0.05, 0) is 12.1 Å². The third-order valence-electron chi connectivity index (χ3n) is 2.25. The van der Waals surface area contributed by atoms with Crippen LogP contribution in [0.1, 0.15) is 5.69 Å². The van der Waals surface area contributed by atoms with Crippen LogP contribution in [0, 0.1) is 0 Å². The normalized spacial score (nSPS) is 12.2. The van der Waals surface area contributed by atoms with Crippen molar-refractivity contribution in [2.45, 2.75) is 19.6 Å². The predicted molar refractivity (Wildman–Crippen MR) is 70.9 cm³/mol. The van der Waals surface area contributed by atoms with E-state index in [0.717, 1.165) is 11.0 Å². The van der Waals surface area contributed by atoms with Crippen LogP contribution >= 0.6 is 0 Å². The summed E-state index contributed by atoms with van der Waals surface area (Å²) in [6.07, 6.45) is 3.44. The Labute approximate surface area is 101 Å². The van der Waals surface area contributed by atoms with E-state index in [9.17, 15) is 0 Å². The highest BCUT2D eigenvalue weighted by atomic mass is 28.3. The molecule has 0 saturated carbocycles. The smallest absolute Gasteiger partial charge is 0.151 e. The lowest BCUT2D eigenvalue weighted by Gasteiger charge is -2.11. The van der Waals surface area contributed by atoms with E-state index in [1.165, 1.54) is 0 Å². The average Bonchev–Trinajstić information content (AvgIpc) is 2.75. The zero-order valence-corrected chi connectivity index (χ0v) is 11.2. The quantitative estimate of drug-likeness (QED) is 0.658. The van der Waals surface area contributed by atoms with Gasteiger partial charge < -0.3 is 0 Å². The molecule has 0 fully saturated rings. The lowest BCUT2D eigenvalue weighted by atomic mass is 10.4. The van der Waals surface area contributed by atoms with Crippen molar-refractivity contribution < 1.29 is 0 Å². The Morgan fingerprint density at radius 3 is 2.71 bits per heavy atom. The summed E-state index contributed by atoms with van der Waals surface area (Å²) in [7, 11) is -1.48. The van der Waals surface area contributed by atoms with Gasteiger partial charge in [0.25, 0.3) is 0 Å². The van der Waals surface area contributed by atoms with Crippen molar-refractivity contribution in [3.05, 3.63) is 30.1 Å². The number of pyridine rings is 1. The number of H-pyrrole nitrogens is 1. The molecule has 2 aromatic rings. The number of nitrogens with one attached hydrogen (secondary N) is 1. The van der Waals surface area contributed by atoms with Crippen LogP contribution in [0.25, 0.3) is 0 Å². The first-order valence-electron chi connectivity index (χ1n) is 5.44. The van der Waals surface area contributed by atoms with Crippen molar-refractivity contribution in [2.75, 3.05) is 0 Å². The Hall–Kier alpha value is -1.82. The Morgan fingerprint density at radius 2 is 2.06 bits per heavy atom. The lowest BCUT2D eigenvalue weighted by molar-refractivity contribution is 0.942. The third kappa shape index (κ3) is 2.85. The third-order valence-corrected chi connectivity index (χ3v) is 4.04. The largest absolute Gasteiger partial charge is 0.237 e. The van der Waals surface area contributed by atoms with Crippen molar-refractivity contribution >= 4 is 25.4 Å². The number of aliphatic imine (C=N–C) groups is 1. The molecule has 88 valence electrons. The van der Waals surface area contributed by atoms with Crippen LogP contribution in [0.5, 0.6) is 0 Å². The van der Waals surface area contributed by atoms with Crippen molar-refractivity contribution in [2.24, 2.45) is 4.99 Å². The van der Waals surface area contributed by atoms with Gasteiger partial charge in [-0.1, -0.05) is 25.7 Å². The second kappa shape index (κ2) is 4.58. The van der Waals surface area contributed by atoms with Gasteiger partial charge in [0, 0.05) is 6.20 Å². The number of aromatic nitrogens is 4. The molecule has 0 atom stereocenters. The van der Waals surface area contributed by atoms with E-state index in [4.69, 9.17) is 0 Å². The van der Waals surface area contributed by atoms with Crippen molar-refractivity contribution in [1.29, 1.82) is 0 Å². The van der Waals surface area contributed by atoms with Gasteiger partial charge in [0.05, 0.1) is 11.5 Å². The molecule has 0 saturated heterocycles. The number of aromatic amines is 1. The minimum absolute atomic E-state index is 0.678. The van der Waals surface area contributed by atoms with Gasteiger partial charge in [-0.3, -0.25) is 0 Å². The molecule has 0 unspecified atom stereocenters. The molecule has 0 aliphatic rings. The summed E-state index contributed by atoms with van der Waals surface area (Å²) in [5.41, 5.74) is 0.815. The molecule has 0 aromatic carbocycles. The van der Waals surface area contributed by atoms with Crippen molar-refractivity contribution in [3.63, 3.8) is 0 Å². The number of nitrogens with zero attached hydrogens (tertiary/aromatic N) is 4. The maximum atomic E-state index is 4.29. The highest BCUT2D eigenvalue weighted by Gasteiger charge is 2.23. The molecule has 17 heavy (non-hydrogen) atoms. The minimum atomic E-state index is -1.48. The fourth-order valence-electron chi connectivity index (χ4n) is 1.44. The summed E-state index contributed by atoms with van der Waals surface area (Å²) in [5, 5.41) is 12.0. The Bertz CT molecular complexity index is 512. The maximum absolute atomic E-state index is 4.29. The molecule has 5 nitrogen and oxygen atoms in total. The molecular formula is C11H15N5Si. The topological polar surface area (TPSA) is 66.8 Å². The summed E-state index contributed by atoms with van der Waals surface area (Å²) in [5.74, 6) is 0.678. The highest BCUT2D eigenvalue weighted by Crippen LogP contribution is 2.05. The summed E-state index contributed by atoms with van der Waals surface area (Å²) in [6.45, 7) is 6.68. The van der Waals surface area contributed by atoms with E-state index in [1.54, 1.807) is 12.4 Å². The van der Waals surface area contributed by atoms with E-state index >= 15 is 0 Å². The average molecular weight is 245 g/mol. The number of rotatable bonds is 3. The predicted octanol–water partition coefficient (Wildman–Crippen LogP) is 1.50. The standard InChI is InChI=1S/C11H15N5Si/c1-17(2,3)11-9(14-16-15-11)8-13-10-6-4-5-7-12-10/h4-8H,1-3H3,(H,14,15,16)/b13-8+. The number of hydrogen-bond donors (Lipinski definition) is 1. The molecule has 2 heterocycles. The van der Waals surface area contributed by atoms with E-state index in [2.05, 4.69) is 45.0 Å². The highest BCUT2D eigenvalue weighted by molar-refractivity contribution is 6.88. The second-order valence-electron chi connectivity index (χ2n) is 4.75.